The lowest BCUT2D eigenvalue weighted by Crippen LogP contribution is -2.59. The van der Waals surface area contributed by atoms with Gasteiger partial charge in [-0.3, -0.25) is 34.4 Å². The molecule has 3 N–H and O–H groups in total. The Morgan fingerprint density at radius 1 is 0.925 bits per heavy atom. The number of nitrogens with one attached hydrogen (secondary N) is 3. The number of imidazole rings is 1. The molecule has 4 fully saturated rings. The molecule has 0 radical (unpaired) electrons. The van der Waals surface area contributed by atoms with Crippen LogP contribution >= 0.6 is 11.6 Å². The van der Waals surface area contributed by atoms with Gasteiger partial charge in [-0.2, -0.15) is 0 Å². The number of urea groups is 1. The van der Waals surface area contributed by atoms with Gasteiger partial charge < -0.3 is 25.2 Å². The number of likely N-dealkylation sites (tertiary alicyclic amines) is 3. The predicted octanol–water partition coefficient (Wildman–Crippen LogP) is 6.44. The summed E-state index contributed by atoms with van der Waals surface area (Å²) in [7, 11) is 5.09. The molecule has 0 atom stereocenters. The summed E-state index contributed by atoms with van der Waals surface area (Å²) in [5.41, 5.74) is 4.92. The number of piperidine rings is 3. The van der Waals surface area contributed by atoms with Gasteiger partial charge in [0, 0.05) is 89.6 Å². The maximum Gasteiger partial charge on any atom is 0.328 e. The van der Waals surface area contributed by atoms with E-state index in [0.717, 1.165) is 37.2 Å². The van der Waals surface area contributed by atoms with Crippen molar-refractivity contribution in [2.45, 2.75) is 77.4 Å². The first-order chi connectivity index (χ1) is 32.1. The molecule has 5 aliphatic heterocycles. The van der Waals surface area contributed by atoms with Gasteiger partial charge in [-0.1, -0.05) is 23.7 Å². The molecule has 9 rings (SSSR count). The second-order valence-corrected chi connectivity index (χ2v) is 19.0. The number of ether oxygens (including phenoxy) is 1. The van der Waals surface area contributed by atoms with Crippen molar-refractivity contribution >= 4 is 63.9 Å². The normalized spacial score (nSPS) is 19.9. The number of methoxy groups -OCH3 is 1. The highest BCUT2D eigenvalue weighted by atomic mass is 35.5. The highest BCUT2D eigenvalue weighted by Gasteiger charge is 2.57. The number of carbonyl (C=O) groups excluding carboxylic acids is 4. The Labute approximate surface area is 395 Å². The van der Waals surface area contributed by atoms with Crippen LogP contribution in [-0.4, -0.2) is 145 Å². The SMILES string of the molecule is CNC(=O)c1cnc2c(NC)cc(N3CCc4c(CN5CCC6(CC5)CCN(CC5CCN(C(=O)c7ccc(Cl)c(N8CCC(=O)NC8=O)c7)CC5)CC6(F)F)cccc43)nn12.COC(C)C. The number of alkyl halides is 2. The third-order valence-corrected chi connectivity index (χ3v) is 14.6. The number of anilines is 4. The topological polar surface area (TPSA) is 160 Å². The van der Waals surface area contributed by atoms with E-state index in [1.165, 1.54) is 22.2 Å². The summed E-state index contributed by atoms with van der Waals surface area (Å²) in [6, 6.07) is 12.5. The lowest BCUT2D eigenvalue weighted by Gasteiger charge is -2.52. The van der Waals surface area contributed by atoms with Crippen LogP contribution in [0.2, 0.25) is 5.02 Å². The van der Waals surface area contributed by atoms with Crippen LogP contribution < -0.4 is 25.8 Å². The van der Waals surface area contributed by atoms with E-state index in [1.807, 2.05) is 37.9 Å². The number of carbonyl (C=O) groups is 4. The number of hydrogen-bond acceptors (Lipinski definition) is 11. The minimum absolute atomic E-state index is 0.141. The second kappa shape index (κ2) is 20.0. The van der Waals surface area contributed by atoms with Crippen LogP contribution in [-0.2, 0) is 22.5 Å². The van der Waals surface area contributed by atoms with Gasteiger partial charge in [0.2, 0.25) is 5.91 Å². The summed E-state index contributed by atoms with van der Waals surface area (Å²) in [5.74, 6) is -2.70. The highest BCUT2D eigenvalue weighted by Crippen LogP contribution is 2.51. The Kier molecular flexibility index (Phi) is 14.4. The number of hydrogen-bond donors (Lipinski definition) is 3. The first-order valence-electron chi connectivity index (χ1n) is 23.4. The van der Waals surface area contributed by atoms with Crippen molar-refractivity contribution < 1.29 is 32.7 Å². The Morgan fingerprint density at radius 2 is 1.63 bits per heavy atom. The van der Waals surface area contributed by atoms with Crippen LogP contribution in [0.4, 0.5) is 36.5 Å². The maximum atomic E-state index is 16.3. The number of rotatable bonds is 10. The first kappa shape index (κ1) is 48.0. The number of fused-ring (bicyclic) bond motifs is 2. The van der Waals surface area contributed by atoms with Crippen molar-refractivity contribution in [3.8, 4) is 0 Å². The van der Waals surface area contributed by atoms with Gasteiger partial charge in [0.15, 0.2) is 17.2 Å². The molecule has 5 amide bonds. The van der Waals surface area contributed by atoms with Crippen molar-refractivity contribution in [1.29, 1.82) is 0 Å². The summed E-state index contributed by atoms with van der Waals surface area (Å²) in [6.07, 6.45) is 5.69. The number of amides is 5. The number of imide groups is 1. The number of benzene rings is 2. The molecule has 16 nitrogen and oxygen atoms in total. The van der Waals surface area contributed by atoms with Crippen LogP contribution in [0.5, 0.6) is 0 Å². The zero-order valence-corrected chi connectivity index (χ0v) is 39.8. The molecule has 0 bridgehead atoms. The predicted molar refractivity (Wildman–Crippen MR) is 254 cm³/mol. The number of halogens is 3. The molecule has 5 aliphatic rings. The number of nitrogens with zero attached hydrogens (tertiary/aromatic N) is 8. The highest BCUT2D eigenvalue weighted by molar-refractivity contribution is 6.34. The van der Waals surface area contributed by atoms with Gasteiger partial charge in [0.1, 0.15) is 0 Å². The van der Waals surface area contributed by atoms with E-state index < -0.39 is 17.4 Å². The fourth-order valence-corrected chi connectivity index (χ4v) is 10.4. The molecule has 19 heteroatoms. The first-order valence-corrected chi connectivity index (χ1v) is 23.7. The molecule has 360 valence electrons. The van der Waals surface area contributed by atoms with Gasteiger partial charge in [0.25, 0.3) is 17.7 Å². The largest absolute Gasteiger partial charge is 0.385 e. The summed E-state index contributed by atoms with van der Waals surface area (Å²) in [4.78, 5) is 64.2. The Balaban J connectivity index is 0.00000116. The molecular weight excluding hydrogens is 884 g/mol. The molecule has 0 aliphatic carbocycles. The maximum absolute atomic E-state index is 16.3. The molecule has 4 saturated heterocycles. The lowest BCUT2D eigenvalue weighted by atomic mass is 9.68. The third kappa shape index (κ3) is 9.94. The van der Waals surface area contributed by atoms with Crippen LogP contribution in [0, 0.1) is 11.3 Å². The average molecular weight is 947 g/mol. The monoisotopic (exact) mass is 945 g/mol. The van der Waals surface area contributed by atoms with Gasteiger partial charge in [0.05, 0.1) is 35.2 Å². The van der Waals surface area contributed by atoms with Crippen LogP contribution in [0.1, 0.15) is 84.3 Å². The van der Waals surface area contributed by atoms with E-state index in [1.54, 1.807) is 41.8 Å². The quantitative estimate of drug-likeness (QED) is 0.161. The third-order valence-electron chi connectivity index (χ3n) is 14.3. The molecule has 2 aromatic carbocycles. The molecule has 7 heterocycles. The smallest absolute Gasteiger partial charge is 0.328 e. The van der Waals surface area contributed by atoms with Gasteiger partial charge in [-0.15, -0.1) is 5.10 Å². The zero-order chi connectivity index (χ0) is 47.6. The fourth-order valence-electron chi connectivity index (χ4n) is 10.2. The van der Waals surface area contributed by atoms with Crippen molar-refractivity contribution in [1.82, 2.24) is 39.9 Å². The molecule has 1 spiro atoms. The Morgan fingerprint density at radius 3 is 2.30 bits per heavy atom. The minimum Gasteiger partial charge on any atom is -0.385 e. The van der Waals surface area contributed by atoms with Crippen molar-refractivity contribution in [3.63, 3.8) is 0 Å². The van der Waals surface area contributed by atoms with E-state index in [0.29, 0.717) is 105 Å². The Bertz CT molecular complexity index is 2490. The van der Waals surface area contributed by atoms with Crippen molar-refractivity contribution in [2.75, 3.05) is 95.2 Å². The number of aromatic nitrogens is 3. The van der Waals surface area contributed by atoms with E-state index in [4.69, 9.17) is 21.4 Å². The van der Waals surface area contributed by atoms with Gasteiger partial charge >= 0.3 is 6.03 Å². The van der Waals surface area contributed by atoms with Crippen LogP contribution in [0.3, 0.4) is 0 Å². The zero-order valence-electron chi connectivity index (χ0n) is 39.0. The minimum atomic E-state index is -2.81. The molecule has 67 heavy (non-hydrogen) atoms. The standard InChI is InChI=1S/C44H52ClF2N11O4.C4H10O/c1-48-33-23-37(52-58-36(40(60)49-2)24-50-39(33)58)56-17-10-31-30(4-3-5-34(31)56)26-53-19-12-43(13-20-53)14-21-54(27-44(43,46)47)25-28-8-15-55(16-9-28)41(61)29-6-7-32(45)35(22-29)57-18-11-38(59)51-42(57)62;1-4(2)5-3/h3-7,22-24,28,48H,8-21,25-27H2,1-2H3,(H,49,60)(H,51,59,62);4H,1-3H3. The summed E-state index contributed by atoms with van der Waals surface area (Å²) in [5, 5.41) is 13.3. The van der Waals surface area contributed by atoms with E-state index >= 15 is 8.78 Å². The van der Waals surface area contributed by atoms with Crippen molar-refractivity contribution in [3.05, 3.63) is 76.1 Å². The van der Waals surface area contributed by atoms with E-state index in [-0.39, 0.29) is 43.1 Å². The molecule has 0 unspecified atom stereocenters. The lowest BCUT2D eigenvalue weighted by molar-refractivity contribution is -0.189. The fraction of sp³-hybridized carbons (Fsp3) is 0.542. The van der Waals surface area contributed by atoms with E-state index in [2.05, 4.69) is 42.9 Å². The van der Waals surface area contributed by atoms with Gasteiger partial charge in [-0.05, 0) is 113 Å². The van der Waals surface area contributed by atoms with Gasteiger partial charge in [-0.25, -0.2) is 23.1 Å². The molecule has 2 aromatic heterocycles. The molecule has 0 saturated carbocycles. The average Bonchev–Trinajstić information content (AvgIpc) is 3.96. The van der Waals surface area contributed by atoms with Crippen LogP contribution in [0.15, 0.2) is 48.7 Å². The molecule has 4 aromatic rings. The molecular formula is C48H62ClF2N11O5. The second-order valence-electron chi connectivity index (χ2n) is 18.6. The summed E-state index contributed by atoms with van der Waals surface area (Å²) < 4.78 is 38.9. The summed E-state index contributed by atoms with van der Waals surface area (Å²) >= 11 is 6.40. The van der Waals surface area contributed by atoms with Crippen molar-refractivity contribution in [2.24, 2.45) is 11.3 Å². The summed E-state index contributed by atoms with van der Waals surface area (Å²) in [6.45, 7) is 8.83. The Hall–Kier alpha value is -5.43. The van der Waals surface area contributed by atoms with E-state index in [9.17, 15) is 19.2 Å². The van der Waals surface area contributed by atoms with Crippen LogP contribution in [0.25, 0.3) is 5.65 Å².